The van der Waals surface area contributed by atoms with E-state index in [-0.39, 0.29) is 17.6 Å². The smallest absolute Gasteiger partial charge is 0.332 e. The SMILES string of the molecule is CCCCCC(C(=O)O)=C(CC)C(=O)O. The van der Waals surface area contributed by atoms with E-state index < -0.39 is 11.9 Å². The van der Waals surface area contributed by atoms with Crippen LogP contribution in [0.1, 0.15) is 46.0 Å². The van der Waals surface area contributed by atoms with Crippen LogP contribution in [0, 0.1) is 0 Å². The van der Waals surface area contributed by atoms with Crippen LogP contribution in [0.5, 0.6) is 0 Å². The molecule has 0 aromatic carbocycles. The number of hydrogen-bond acceptors (Lipinski definition) is 2. The fourth-order valence-corrected chi connectivity index (χ4v) is 1.43. The van der Waals surface area contributed by atoms with Gasteiger partial charge in [-0.15, -0.1) is 0 Å². The Labute approximate surface area is 89.6 Å². The van der Waals surface area contributed by atoms with Crippen molar-refractivity contribution in [3.63, 3.8) is 0 Å². The average Bonchev–Trinajstić information content (AvgIpc) is 2.16. The summed E-state index contributed by atoms with van der Waals surface area (Å²) in [7, 11) is 0. The maximum atomic E-state index is 10.9. The molecule has 0 spiro atoms. The first-order valence-electron chi connectivity index (χ1n) is 5.23. The molecule has 0 fully saturated rings. The number of hydrogen-bond donors (Lipinski definition) is 2. The van der Waals surface area contributed by atoms with E-state index in [0.29, 0.717) is 6.42 Å². The number of unbranched alkanes of at least 4 members (excludes halogenated alkanes) is 2. The highest BCUT2D eigenvalue weighted by molar-refractivity contribution is 5.98. The molecule has 0 aromatic heterocycles. The van der Waals surface area contributed by atoms with Gasteiger partial charge in [-0.3, -0.25) is 0 Å². The van der Waals surface area contributed by atoms with Crippen molar-refractivity contribution < 1.29 is 19.8 Å². The summed E-state index contributed by atoms with van der Waals surface area (Å²) < 4.78 is 0. The van der Waals surface area contributed by atoms with Crippen molar-refractivity contribution in [1.29, 1.82) is 0 Å². The molecule has 0 aromatic rings. The summed E-state index contributed by atoms with van der Waals surface area (Å²) in [6.07, 6.45) is 3.24. The Morgan fingerprint density at radius 2 is 1.47 bits per heavy atom. The summed E-state index contributed by atoms with van der Waals surface area (Å²) in [6.45, 7) is 3.67. The molecule has 15 heavy (non-hydrogen) atoms. The molecule has 0 heterocycles. The van der Waals surface area contributed by atoms with Crippen molar-refractivity contribution in [3.05, 3.63) is 11.1 Å². The van der Waals surface area contributed by atoms with Gasteiger partial charge in [-0.05, 0) is 19.3 Å². The van der Waals surface area contributed by atoms with Crippen molar-refractivity contribution in [2.45, 2.75) is 46.0 Å². The van der Waals surface area contributed by atoms with Crippen molar-refractivity contribution in [1.82, 2.24) is 0 Å². The van der Waals surface area contributed by atoms with E-state index in [1.807, 2.05) is 6.92 Å². The third kappa shape index (κ3) is 4.63. The molecular weight excluding hydrogens is 196 g/mol. The summed E-state index contributed by atoms with van der Waals surface area (Å²) in [5.74, 6) is -2.23. The van der Waals surface area contributed by atoms with Crippen molar-refractivity contribution in [3.8, 4) is 0 Å². The van der Waals surface area contributed by atoms with Crippen molar-refractivity contribution in [2.75, 3.05) is 0 Å². The third-order valence-electron chi connectivity index (χ3n) is 2.26. The average molecular weight is 214 g/mol. The zero-order valence-electron chi connectivity index (χ0n) is 9.25. The summed E-state index contributed by atoms with van der Waals surface area (Å²) in [5, 5.41) is 17.7. The van der Waals surface area contributed by atoms with Gasteiger partial charge in [0, 0.05) is 11.1 Å². The molecular formula is C11H18O4. The zero-order valence-corrected chi connectivity index (χ0v) is 9.25. The van der Waals surface area contributed by atoms with Crippen LogP contribution in [0.15, 0.2) is 11.1 Å². The molecule has 0 aliphatic heterocycles. The number of aliphatic carboxylic acids is 2. The first-order chi connectivity index (χ1) is 7.04. The summed E-state index contributed by atoms with van der Waals surface area (Å²) in [4.78, 5) is 21.7. The molecule has 0 unspecified atom stereocenters. The first kappa shape index (κ1) is 13.7. The standard InChI is InChI=1S/C11H18O4/c1-3-5-6-7-9(11(14)15)8(4-2)10(12)13/h3-7H2,1-2H3,(H,12,13)(H,14,15). The Hall–Kier alpha value is -1.32. The van der Waals surface area contributed by atoms with Crippen molar-refractivity contribution >= 4 is 11.9 Å². The fraction of sp³-hybridized carbons (Fsp3) is 0.636. The summed E-state index contributed by atoms with van der Waals surface area (Å²) in [5.41, 5.74) is 0.0806. The van der Waals surface area contributed by atoms with Gasteiger partial charge in [0.2, 0.25) is 0 Å². The van der Waals surface area contributed by atoms with E-state index in [0.717, 1.165) is 19.3 Å². The Balaban J connectivity index is 4.75. The minimum atomic E-state index is -1.12. The van der Waals surface area contributed by atoms with Gasteiger partial charge in [0.05, 0.1) is 0 Å². The minimum absolute atomic E-state index is 0.0265. The van der Waals surface area contributed by atoms with Crippen LogP contribution < -0.4 is 0 Å². The molecule has 0 amide bonds. The van der Waals surface area contributed by atoms with E-state index >= 15 is 0 Å². The van der Waals surface area contributed by atoms with E-state index in [4.69, 9.17) is 10.2 Å². The Morgan fingerprint density at radius 1 is 0.933 bits per heavy atom. The number of carboxylic acids is 2. The van der Waals surface area contributed by atoms with Gasteiger partial charge in [0.25, 0.3) is 0 Å². The lowest BCUT2D eigenvalue weighted by atomic mass is 10.00. The molecule has 4 nitrogen and oxygen atoms in total. The van der Waals surface area contributed by atoms with Crippen LogP contribution in [-0.4, -0.2) is 22.2 Å². The number of carboxylic acid groups (broad SMARTS) is 2. The second-order valence-corrected chi connectivity index (χ2v) is 3.38. The van der Waals surface area contributed by atoms with Crippen LogP contribution in [-0.2, 0) is 9.59 Å². The fourth-order valence-electron chi connectivity index (χ4n) is 1.43. The zero-order chi connectivity index (χ0) is 11.8. The highest BCUT2D eigenvalue weighted by Crippen LogP contribution is 2.16. The second kappa shape index (κ2) is 7.04. The minimum Gasteiger partial charge on any atom is -0.478 e. The second-order valence-electron chi connectivity index (χ2n) is 3.38. The van der Waals surface area contributed by atoms with Gasteiger partial charge in [-0.25, -0.2) is 9.59 Å². The topological polar surface area (TPSA) is 74.6 Å². The van der Waals surface area contributed by atoms with Gasteiger partial charge in [-0.1, -0.05) is 26.7 Å². The molecule has 0 aliphatic carbocycles. The van der Waals surface area contributed by atoms with E-state index in [1.54, 1.807) is 6.92 Å². The maximum absolute atomic E-state index is 10.9. The summed E-state index contributed by atoms with van der Waals surface area (Å²) in [6, 6.07) is 0. The molecule has 0 rings (SSSR count). The molecule has 0 saturated carbocycles. The van der Waals surface area contributed by atoms with E-state index in [1.165, 1.54) is 0 Å². The molecule has 0 bridgehead atoms. The van der Waals surface area contributed by atoms with E-state index in [9.17, 15) is 9.59 Å². The van der Waals surface area contributed by atoms with Crippen LogP contribution in [0.3, 0.4) is 0 Å². The predicted molar refractivity (Wildman–Crippen MR) is 56.7 cm³/mol. The predicted octanol–water partition coefficient (Wildman–Crippen LogP) is 2.44. The lowest BCUT2D eigenvalue weighted by Gasteiger charge is -2.06. The normalized spacial score (nSPS) is 12.1. The first-order valence-corrected chi connectivity index (χ1v) is 5.23. The van der Waals surface area contributed by atoms with E-state index in [2.05, 4.69) is 0 Å². The van der Waals surface area contributed by atoms with Crippen LogP contribution in [0.4, 0.5) is 0 Å². The molecule has 0 atom stereocenters. The number of carbonyl (C=O) groups is 2. The quantitative estimate of drug-likeness (QED) is 0.504. The van der Waals surface area contributed by atoms with Crippen LogP contribution >= 0.6 is 0 Å². The van der Waals surface area contributed by atoms with Gasteiger partial charge in [0.15, 0.2) is 0 Å². The largest absolute Gasteiger partial charge is 0.478 e. The molecule has 2 N–H and O–H groups in total. The van der Waals surface area contributed by atoms with Gasteiger partial charge in [0.1, 0.15) is 0 Å². The third-order valence-corrected chi connectivity index (χ3v) is 2.26. The Bertz CT molecular complexity index is 266. The lowest BCUT2D eigenvalue weighted by molar-refractivity contribution is -0.136. The molecule has 0 saturated heterocycles. The van der Waals surface area contributed by atoms with Gasteiger partial charge in [-0.2, -0.15) is 0 Å². The number of rotatable bonds is 7. The maximum Gasteiger partial charge on any atom is 0.332 e. The lowest BCUT2D eigenvalue weighted by Crippen LogP contribution is -2.11. The molecule has 0 aliphatic rings. The van der Waals surface area contributed by atoms with Crippen LogP contribution in [0.25, 0.3) is 0 Å². The highest BCUT2D eigenvalue weighted by atomic mass is 16.4. The van der Waals surface area contributed by atoms with Gasteiger partial charge >= 0.3 is 11.9 Å². The van der Waals surface area contributed by atoms with Crippen LogP contribution in [0.2, 0.25) is 0 Å². The Kier molecular flexibility index (Phi) is 6.42. The molecule has 0 radical (unpaired) electrons. The monoisotopic (exact) mass is 214 g/mol. The molecule has 4 heteroatoms. The molecule has 86 valence electrons. The van der Waals surface area contributed by atoms with Gasteiger partial charge < -0.3 is 10.2 Å². The summed E-state index contributed by atoms with van der Waals surface area (Å²) >= 11 is 0. The Morgan fingerprint density at radius 3 is 1.80 bits per heavy atom. The van der Waals surface area contributed by atoms with Crippen molar-refractivity contribution in [2.24, 2.45) is 0 Å². The highest BCUT2D eigenvalue weighted by Gasteiger charge is 2.17.